The molecule has 6 aromatic carbocycles. The van der Waals surface area contributed by atoms with Gasteiger partial charge in [0.2, 0.25) is 5.89 Å². The molecule has 0 bridgehead atoms. The molecule has 0 fully saturated rings. The number of aromatic nitrogens is 2. The van der Waals surface area contributed by atoms with Crippen molar-refractivity contribution in [3.63, 3.8) is 0 Å². The first-order valence-electron chi connectivity index (χ1n) is 14.4. The van der Waals surface area contributed by atoms with Crippen LogP contribution in [-0.2, 0) is 0 Å². The van der Waals surface area contributed by atoms with Gasteiger partial charge in [0.15, 0.2) is 5.76 Å². The molecule has 8 rings (SSSR count). The van der Waals surface area contributed by atoms with Crippen molar-refractivity contribution in [2.24, 2.45) is 0 Å². The van der Waals surface area contributed by atoms with Crippen molar-refractivity contribution in [1.82, 2.24) is 9.55 Å². The molecular weight excluding hydrogens is 526 g/mol. The van der Waals surface area contributed by atoms with E-state index >= 15 is 0 Å². The fourth-order valence-corrected chi connectivity index (χ4v) is 5.87. The third kappa shape index (κ3) is 4.46. The van der Waals surface area contributed by atoms with Crippen LogP contribution in [0.5, 0.6) is 0 Å². The van der Waals surface area contributed by atoms with Crippen LogP contribution in [0.15, 0.2) is 168 Å². The number of hydrogen-bond donors (Lipinski definition) is 0. The number of para-hydroxylation sites is 3. The molecule has 0 unspecified atom stereocenters. The Labute approximate surface area is 249 Å². The SMILES string of the molecule is c1ccc(-c2cnc(-c3ccc(N(c4ccccc4)c4ccc(-n5c6ccccc6c6ccccc65)cc4)cc3)o2)cc1. The molecule has 2 heterocycles. The maximum Gasteiger partial charge on any atom is 0.226 e. The summed E-state index contributed by atoms with van der Waals surface area (Å²) in [6.45, 7) is 0. The van der Waals surface area contributed by atoms with Crippen LogP contribution in [0.2, 0.25) is 0 Å². The Morgan fingerprint density at radius 2 is 0.977 bits per heavy atom. The van der Waals surface area contributed by atoms with Crippen molar-refractivity contribution < 1.29 is 4.42 Å². The van der Waals surface area contributed by atoms with Crippen LogP contribution in [0.25, 0.3) is 50.3 Å². The van der Waals surface area contributed by atoms with E-state index in [4.69, 9.17) is 4.42 Å². The summed E-state index contributed by atoms with van der Waals surface area (Å²) in [5.74, 6) is 1.36. The van der Waals surface area contributed by atoms with Crippen molar-refractivity contribution in [2.45, 2.75) is 0 Å². The van der Waals surface area contributed by atoms with Crippen LogP contribution >= 0.6 is 0 Å². The molecule has 0 saturated carbocycles. The fraction of sp³-hybridized carbons (Fsp3) is 0. The first-order valence-corrected chi connectivity index (χ1v) is 14.4. The number of benzene rings is 6. The molecular formula is C39H27N3O. The van der Waals surface area contributed by atoms with Crippen molar-refractivity contribution in [3.05, 3.63) is 164 Å². The van der Waals surface area contributed by atoms with Crippen molar-refractivity contribution >= 4 is 38.9 Å². The Kier molecular flexibility index (Phi) is 6.08. The van der Waals surface area contributed by atoms with Gasteiger partial charge in [0.05, 0.1) is 17.2 Å². The first kappa shape index (κ1) is 24.9. The van der Waals surface area contributed by atoms with Gasteiger partial charge in [-0.15, -0.1) is 0 Å². The van der Waals surface area contributed by atoms with Gasteiger partial charge in [-0.3, -0.25) is 0 Å². The van der Waals surface area contributed by atoms with Crippen molar-refractivity contribution in [2.75, 3.05) is 4.90 Å². The smallest absolute Gasteiger partial charge is 0.226 e. The van der Waals surface area contributed by atoms with Crippen molar-refractivity contribution in [3.8, 4) is 28.5 Å². The number of hydrogen-bond acceptors (Lipinski definition) is 3. The number of oxazole rings is 1. The second kappa shape index (κ2) is 10.5. The maximum absolute atomic E-state index is 6.11. The molecule has 0 atom stereocenters. The lowest BCUT2D eigenvalue weighted by Crippen LogP contribution is -2.10. The Morgan fingerprint density at radius 3 is 1.60 bits per heavy atom. The van der Waals surface area contributed by atoms with E-state index in [2.05, 4.69) is 136 Å². The summed E-state index contributed by atoms with van der Waals surface area (Å²) in [4.78, 5) is 6.82. The van der Waals surface area contributed by atoms with E-state index < -0.39 is 0 Å². The van der Waals surface area contributed by atoms with Crippen LogP contribution in [0.3, 0.4) is 0 Å². The molecule has 0 aliphatic heterocycles. The van der Waals surface area contributed by atoms with Crippen LogP contribution in [0.1, 0.15) is 0 Å². The highest BCUT2D eigenvalue weighted by Crippen LogP contribution is 2.37. The lowest BCUT2D eigenvalue weighted by Gasteiger charge is -2.26. The summed E-state index contributed by atoms with van der Waals surface area (Å²) in [5, 5.41) is 2.52. The molecule has 0 radical (unpaired) electrons. The second-order valence-corrected chi connectivity index (χ2v) is 10.5. The van der Waals surface area contributed by atoms with E-state index in [1.165, 1.54) is 21.8 Å². The summed E-state index contributed by atoms with van der Waals surface area (Å²) < 4.78 is 8.45. The largest absolute Gasteiger partial charge is 0.436 e. The van der Waals surface area contributed by atoms with Gasteiger partial charge in [-0.2, -0.15) is 0 Å². The Balaban J connectivity index is 1.16. The topological polar surface area (TPSA) is 34.2 Å². The summed E-state index contributed by atoms with van der Waals surface area (Å²) >= 11 is 0. The summed E-state index contributed by atoms with van der Waals surface area (Å²) in [5.41, 5.74) is 8.69. The highest BCUT2D eigenvalue weighted by atomic mass is 16.4. The third-order valence-electron chi connectivity index (χ3n) is 7.90. The normalized spacial score (nSPS) is 11.3. The molecule has 0 N–H and O–H groups in total. The highest BCUT2D eigenvalue weighted by Gasteiger charge is 2.16. The molecule has 2 aromatic heterocycles. The van der Waals surface area contributed by atoms with Gasteiger partial charge in [-0.1, -0.05) is 84.9 Å². The maximum atomic E-state index is 6.11. The van der Waals surface area contributed by atoms with Gasteiger partial charge >= 0.3 is 0 Å². The zero-order chi connectivity index (χ0) is 28.6. The zero-order valence-corrected chi connectivity index (χ0v) is 23.3. The minimum Gasteiger partial charge on any atom is -0.436 e. The van der Waals surface area contributed by atoms with Gasteiger partial charge < -0.3 is 13.9 Å². The first-order chi connectivity index (χ1) is 21.3. The molecule has 0 aliphatic rings. The fourth-order valence-electron chi connectivity index (χ4n) is 5.87. The van der Waals surface area contributed by atoms with Gasteiger partial charge in [0.25, 0.3) is 0 Å². The number of rotatable bonds is 6. The van der Waals surface area contributed by atoms with E-state index in [1.54, 1.807) is 6.20 Å². The third-order valence-corrected chi connectivity index (χ3v) is 7.90. The van der Waals surface area contributed by atoms with Crippen LogP contribution in [0, 0.1) is 0 Å². The molecule has 0 spiro atoms. The molecule has 0 saturated heterocycles. The van der Waals surface area contributed by atoms with E-state index in [0.717, 1.165) is 39.6 Å². The van der Waals surface area contributed by atoms with Crippen molar-refractivity contribution in [1.29, 1.82) is 0 Å². The average Bonchev–Trinajstić information content (AvgIpc) is 3.71. The standard InChI is InChI=1S/C39H27N3O/c1-3-11-28(12-4-1)38-27-40-39(43-38)29-19-21-31(22-20-29)41(30-13-5-2-6-14-30)32-23-25-33(26-24-32)42-36-17-9-7-15-34(36)35-16-8-10-18-37(35)42/h1-27H. The lowest BCUT2D eigenvalue weighted by atomic mass is 10.1. The lowest BCUT2D eigenvalue weighted by molar-refractivity contribution is 0.589. The van der Waals surface area contributed by atoms with Gasteiger partial charge in [-0.05, 0) is 72.8 Å². The van der Waals surface area contributed by atoms with Gasteiger partial charge in [0.1, 0.15) is 0 Å². The van der Waals surface area contributed by atoms with E-state index in [1.807, 2.05) is 36.4 Å². The summed E-state index contributed by atoms with van der Waals surface area (Å²) in [7, 11) is 0. The van der Waals surface area contributed by atoms with E-state index in [9.17, 15) is 0 Å². The van der Waals surface area contributed by atoms with E-state index in [-0.39, 0.29) is 0 Å². The van der Waals surface area contributed by atoms with Crippen LogP contribution < -0.4 is 4.90 Å². The molecule has 8 aromatic rings. The Morgan fingerprint density at radius 1 is 0.465 bits per heavy atom. The number of fused-ring (bicyclic) bond motifs is 3. The highest BCUT2D eigenvalue weighted by molar-refractivity contribution is 6.09. The predicted octanol–water partition coefficient (Wildman–Crippen LogP) is 10.6. The predicted molar refractivity (Wildman–Crippen MR) is 176 cm³/mol. The molecule has 4 heteroatoms. The number of nitrogens with zero attached hydrogens (tertiary/aromatic N) is 3. The monoisotopic (exact) mass is 553 g/mol. The average molecular weight is 554 g/mol. The summed E-state index contributed by atoms with van der Waals surface area (Å²) in [6, 6.07) is 54.9. The Hall–Kier alpha value is -5.87. The molecule has 4 nitrogen and oxygen atoms in total. The molecule has 0 aliphatic carbocycles. The zero-order valence-electron chi connectivity index (χ0n) is 23.3. The summed E-state index contributed by atoms with van der Waals surface area (Å²) in [6.07, 6.45) is 1.79. The van der Waals surface area contributed by atoms with E-state index in [0.29, 0.717) is 5.89 Å². The quantitative estimate of drug-likeness (QED) is 0.205. The number of anilines is 3. The Bertz CT molecular complexity index is 2110. The van der Waals surface area contributed by atoms with Gasteiger partial charge in [-0.25, -0.2) is 4.98 Å². The minimum atomic E-state index is 0.604. The van der Waals surface area contributed by atoms with Gasteiger partial charge in [0, 0.05) is 44.6 Å². The molecule has 43 heavy (non-hydrogen) atoms. The second-order valence-electron chi connectivity index (χ2n) is 10.5. The minimum absolute atomic E-state index is 0.604. The molecule has 0 amide bonds. The molecule has 204 valence electrons. The van der Waals surface area contributed by atoms with Crippen LogP contribution in [0.4, 0.5) is 17.1 Å². The van der Waals surface area contributed by atoms with Crippen LogP contribution in [-0.4, -0.2) is 9.55 Å².